The number of rotatable bonds is 11. The monoisotopic (exact) mass is 501 g/mol. The molecule has 1 aliphatic rings. The summed E-state index contributed by atoms with van der Waals surface area (Å²) in [5, 5.41) is 11.2. The van der Waals surface area contributed by atoms with Gasteiger partial charge in [-0.2, -0.15) is 0 Å². The summed E-state index contributed by atoms with van der Waals surface area (Å²) >= 11 is 0. The second-order valence-corrected chi connectivity index (χ2v) is 8.64. The highest BCUT2D eigenvalue weighted by molar-refractivity contribution is 6.46. The van der Waals surface area contributed by atoms with E-state index in [2.05, 4.69) is 0 Å². The van der Waals surface area contributed by atoms with Crippen molar-refractivity contribution in [1.82, 2.24) is 4.90 Å². The van der Waals surface area contributed by atoms with Crippen molar-refractivity contribution in [3.63, 3.8) is 0 Å². The Labute approximate surface area is 216 Å². The molecule has 0 bridgehead atoms. The summed E-state index contributed by atoms with van der Waals surface area (Å²) in [5.74, 6) is -0.251. The van der Waals surface area contributed by atoms with Gasteiger partial charge in [0.05, 0.1) is 18.2 Å². The Balaban J connectivity index is 1.65. The van der Waals surface area contributed by atoms with Crippen molar-refractivity contribution in [2.75, 3.05) is 26.9 Å². The summed E-state index contributed by atoms with van der Waals surface area (Å²) in [5.41, 5.74) is 2.25. The number of carbonyl (C=O) groups excluding carboxylic acids is 2. The Bertz CT molecular complexity index is 1240. The molecule has 3 aromatic rings. The lowest BCUT2D eigenvalue weighted by Gasteiger charge is -2.25. The van der Waals surface area contributed by atoms with E-state index < -0.39 is 17.7 Å². The van der Waals surface area contributed by atoms with Crippen molar-refractivity contribution in [3.05, 3.63) is 101 Å². The summed E-state index contributed by atoms with van der Waals surface area (Å²) in [4.78, 5) is 27.7. The zero-order valence-corrected chi connectivity index (χ0v) is 21.1. The summed E-state index contributed by atoms with van der Waals surface area (Å²) in [6.07, 6.45) is 0.557. The van der Waals surface area contributed by atoms with Crippen molar-refractivity contribution in [2.45, 2.75) is 26.0 Å². The molecule has 1 fully saturated rings. The summed E-state index contributed by atoms with van der Waals surface area (Å²) in [7, 11) is 1.59. The third-order valence-corrected chi connectivity index (χ3v) is 6.17. The molecule has 0 aromatic heterocycles. The molecule has 192 valence electrons. The van der Waals surface area contributed by atoms with E-state index >= 15 is 0 Å². The molecule has 7 nitrogen and oxygen atoms in total. The lowest BCUT2D eigenvalue weighted by molar-refractivity contribution is -0.140. The van der Waals surface area contributed by atoms with Gasteiger partial charge >= 0.3 is 0 Å². The number of nitrogens with zero attached hydrogens (tertiary/aromatic N) is 1. The Morgan fingerprint density at radius 1 is 0.892 bits per heavy atom. The summed E-state index contributed by atoms with van der Waals surface area (Å²) in [6, 6.07) is 23.2. The molecule has 37 heavy (non-hydrogen) atoms. The Morgan fingerprint density at radius 3 is 2.19 bits per heavy atom. The molecule has 3 aromatic carbocycles. The van der Waals surface area contributed by atoms with Crippen LogP contribution in [0.5, 0.6) is 11.5 Å². The topological polar surface area (TPSA) is 85.3 Å². The minimum absolute atomic E-state index is 0.0598. The maximum absolute atomic E-state index is 13.2. The molecule has 1 aliphatic heterocycles. The van der Waals surface area contributed by atoms with Gasteiger partial charge in [-0.15, -0.1) is 0 Å². The van der Waals surface area contributed by atoms with Gasteiger partial charge in [0.25, 0.3) is 11.7 Å². The zero-order valence-electron chi connectivity index (χ0n) is 21.1. The van der Waals surface area contributed by atoms with Crippen LogP contribution in [-0.2, 0) is 20.9 Å². The molecule has 1 amide bonds. The Morgan fingerprint density at radius 2 is 1.54 bits per heavy atom. The van der Waals surface area contributed by atoms with E-state index in [4.69, 9.17) is 14.2 Å². The fourth-order valence-electron chi connectivity index (χ4n) is 4.35. The quantitative estimate of drug-likeness (QED) is 0.170. The zero-order chi connectivity index (χ0) is 26.2. The van der Waals surface area contributed by atoms with Crippen LogP contribution >= 0.6 is 0 Å². The highest BCUT2D eigenvalue weighted by Crippen LogP contribution is 2.40. The predicted molar refractivity (Wildman–Crippen MR) is 140 cm³/mol. The van der Waals surface area contributed by atoms with E-state index in [1.807, 2.05) is 61.5 Å². The molecule has 1 saturated heterocycles. The van der Waals surface area contributed by atoms with E-state index in [0.717, 1.165) is 5.56 Å². The van der Waals surface area contributed by atoms with Crippen molar-refractivity contribution in [3.8, 4) is 11.5 Å². The molecular weight excluding hydrogens is 470 g/mol. The van der Waals surface area contributed by atoms with Crippen molar-refractivity contribution in [1.29, 1.82) is 0 Å². The van der Waals surface area contributed by atoms with Crippen molar-refractivity contribution < 1.29 is 28.9 Å². The Hall–Kier alpha value is -4.10. The van der Waals surface area contributed by atoms with Crippen LogP contribution in [0.1, 0.15) is 36.1 Å². The third kappa shape index (κ3) is 6.01. The number of likely N-dealkylation sites (tertiary alicyclic amines) is 1. The van der Waals surface area contributed by atoms with Crippen LogP contribution in [0.3, 0.4) is 0 Å². The molecule has 1 atom stereocenters. The van der Waals surface area contributed by atoms with Gasteiger partial charge in [0, 0.05) is 25.8 Å². The second kappa shape index (κ2) is 12.2. The van der Waals surface area contributed by atoms with Gasteiger partial charge in [-0.25, -0.2) is 0 Å². The molecule has 1 unspecified atom stereocenters. The molecule has 0 saturated carbocycles. The average molecular weight is 502 g/mol. The van der Waals surface area contributed by atoms with E-state index in [0.29, 0.717) is 55.4 Å². The first kappa shape index (κ1) is 26.0. The number of amides is 1. The first-order valence-electron chi connectivity index (χ1n) is 12.3. The van der Waals surface area contributed by atoms with Crippen molar-refractivity contribution >= 4 is 17.4 Å². The second-order valence-electron chi connectivity index (χ2n) is 8.64. The fraction of sp³-hybridized carbons (Fsp3) is 0.267. The minimum atomic E-state index is -0.730. The number of aliphatic hydroxyl groups is 1. The van der Waals surface area contributed by atoms with Gasteiger partial charge in [0.1, 0.15) is 23.9 Å². The number of ether oxygens (including phenoxy) is 3. The number of benzene rings is 3. The number of Topliss-reactive ketones (excluding diaryl/α,β-unsaturated/α-hetero) is 1. The number of hydrogen-bond donors (Lipinski definition) is 1. The maximum Gasteiger partial charge on any atom is 0.295 e. The van der Waals surface area contributed by atoms with Crippen LogP contribution in [0, 0.1) is 0 Å². The van der Waals surface area contributed by atoms with Gasteiger partial charge < -0.3 is 24.2 Å². The first-order chi connectivity index (χ1) is 18.0. The largest absolute Gasteiger partial charge is 0.507 e. The standard InChI is InChI=1S/C30H31NO6/c1-3-36-24-16-12-23(13-17-24)28(32)26-27(31(18-7-19-35-2)30(34)29(26)33)22-10-14-25(15-11-22)37-20-21-8-5-4-6-9-21/h4-6,8-17,27,32H,3,7,18-20H2,1-2H3/b28-26-. The van der Waals surface area contributed by atoms with E-state index in [1.165, 1.54) is 4.90 Å². The smallest absolute Gasteiger partial charge is 0.295 e. The Kier molecular flexibility index (Phi) is 8.59. The molecule has 0 radical (unpaired) electrons. The van der Waals surface area contributed by atoms with Gasteiger partial charge in [-0.1, -0.05) is 42.5 Å². The van der Waals surface area contributed by atoms with Gasteiger partial charge in [0.15, 0.2) is 0 Å². The van der Waals surface area contributed by atoms with Crippen LogP contribution < -0.4 is 9.47 Å². The lowest BCUT2D eigenvalue weighted by atomic mass is 9.95. The molecule has 1 heterocycles. The molecular formula is C30H31NO6. The first-order valence-corrected chi connectivity index (χ1v) is 12.3. The van der Waals surface area contributed by atoms with E-state index in [9.17, 15) is 14.7 Å². The highest BCUT2D eigenvalue weighted by atomic mass is 16.5. The molecule has 4 rings (SSSR count). The summed E-state index contributed by atoms with van der Waals surface area (Å²) in [6.45, 7) is 3.59. The van der Waals surface area contributed by atoms with Crippen LogP contribution in [0.25, 0.3) is 5.76 Å². The number of ketones is 1. The lowest BCUT2D eigenvalue weighted by Crippen LogP contribution is -2.31. The minimum Gasteiger partial charge on any atom is -0.507 e. The fourth-order valence-corrected chi connectivity index (χ4v) is 4.35. The highest BCUT2D eigenvalue weighted by Gasteiger charge is 2.45. The normalized spacial score (nSPS) is 16.7. The number of methoxy groups -OCH3 is 1. The van der Waals surface area contributed by atoms with E-state index in [-0.39, 0.29) is 11.3 Å². The predicted octanol–water partition coefficient (Wildman–Crippen LogP) is 5.12. The number of aliphatic hydroxyl groups excluding tert-OH is 1. The SMILES string of the molecule is CCOc1ccc(/C(O)=C2/C(=O)C(=O)N(CCCOC)C2c2ccc(OCc3ccccc3)cc2)cc1. The molecule has 0 aliphatic carbocycles. The third-order valence-electron chi connectivity index (χ3n) is 6.17. The number of hydrogen-bond acceptors (Lipinski definition) is 6. The maximum atomic E-state index is 13.2. The van der Waals surface area contributed by atoms with Gasteiger partial charge in [0.2, 0.25) is 0 Å². The van der Waals surface area contributed by atoms with Crippen LogP contribution in [0.4, 0.5) is 0 Å². The summed E-state index contributed by atoms with van der Waals surface area (Å²) < 4.78 is 16.5. The van der Waals surface area contributed by atoms with Gasteiger partial charge in [-0.05, 0) is 60.9 Å². The van der Waals surface area contributed by atoms with Gasteiger partial charge in [-0.3, -0.25) is 9.59 Å². The molecule has 7 heteroatoms. The van der Waals surface area contributed by atoms with E-state index in [1.54, 1.807) is 31.4 Å². The van der Waals surface area contributed by atoms with Crippen LogP contribution in [0.15, 0.2) is 84.4 Å². The average Bonchev–Trinajstić information content (AvgIpc) is 3.18. The van der Waals surface area contributed by atoms with Crippen molar-refractivity contribution in [2.24, 2.45) is 0 Å². The van der Waals surface area contributed by atoms with Crippen LogP contribution in [-0.4, -0.2) is 48.6 Å². The molecule has 0 spiro atoms. The van der Waals surface area contributed by atoms with Crippen LogP contribution in [0.2, 0.25) is 0 Å². The number of carbonyl (C=O) groups is 2. The molecule has 1 N–H and O–H groups in total.